The Kier molecular flexibility index (Phi) is 7.84. The van der Waals surface area contributed by atoms with Crippen molar-refractivity contribution in [1.82, 2.24) is 9.88 Å². The summed E-state index contributed by atoms with van der Waals surface area (Å²) in [6.07, 6.45) is 2.95. The monoisotopic (exact) mass is 478 g/mol. The zero-order valence-electron chi connectivity index (χ0n) is 19.5. The quantitative estimate of drug-likeness (QED) is 0.487. The number of nitrogens with zero attached hydrogens (tertiary/aromatic N) is 2. The van der Waals surface area contributed by atoms with Gasteiger partial charge in [-0.15, -0.1) is 11.3 Å². The highest BCUT2D eigenvalue weighted by atomic mass is 32.1. The van der Waals surface area contributed by atoms with Gasteiger partial charge in [0.1, 0.15) is 5.75 Å². The number of hydrogen-bond acceptors (Lipinski definition) is 6. The molecule has 0 saturated carbocycles. The second kappa shape index (κ2) is 11.0. The number of carboxylic acid groups (broad SMARTS) is 1. The number of carbonyl (C=O) groups is 1. The number of pyridine rings is 1. The van der Waals surface area contributed by atoms with Gasteiger partial charge in [-0.05, 0) is 80.6 Å². The first-order valence-corrected chi connectivity index (χ1v) is 12.4. The molecule has 0 unspecified atom stereocenters. The lowest BCUT2D eigenvalue weighted by Crippen LogP contribution is -2.44. The van der Waals surface area contributed by atoms with Crippen LogP contribution >= 0.6 is 11.3 Å². The van der Waals surface area contributed by atoms with Gasteiger partial charge in [0.05, 0.1) is 36.1 Å². The Morgan fingerprint density at radius 2 is 2.18 bits per heavy atom. The van der Waals surface area contributed by atoms with Gasteiger partial charge in [-0.2, -0.15) is 0 Å². The number of methoxy groups -OCH3 is 1. The number of ether oxygens (including phenoxy) is 1. The van der Waals surface area contributed by atoms with Crippen molar-refractivity contribution >= 4 is 28.2 Å². The van der Waals surface area contributed by atoms with Gasteiger partial charge in [-0.3, -0.25) is 14.7 Å². The van der Waals surface area contributed by atoms with E-state index in [-0.39, 0.29) is 5.92 Å². The first-order valence-electron chi connectivity index (χ1n) is 11.6. The second-order valence-electron chi connectivity index (χ2n) is 8.82. The minimum Gasteiger partial charge on any atom is -0.497 e. The molecule has 7 heteroatoms. The van der Waals surface area contributed by atoms with Crippen LogP contribution in [0.4, 0.5) is 0 Å². The van der Waals surface area contributed by atoms with E-state index in [9.17, 15) is 15.0 Å². The number of aryl methyl sites for hydroxylation is 1. The molecule has 4 rings (SSSR count). The molecule has 0 spiro atoms. The molecule has 3 atom stereocenters. The molecule has 3 aromatic rings. The van der Waals surface area contributed by atoms with Gasteiger partial charge in [0.2, 0.25) is 0 Å². The van der Waals surface area contributed by atoms with Crippen LogP contribution in [0.3, 0.4) is 0 Å². The highest BCUT2D eigenvalue weighted by molar-refractivity contribution is 7.12. The number of aliphatic hydroxyl groups excluding tert-OH is 1. The maximum Gasteiger partial charge on any atom is 0.308 e. The van der Waals surface area contributed by atoms with Crippen molar-refractivity contribution in [3.05, 3.63) is 57.9 Å². The number of likely N-dealkylation sites (tertiary alicyclic amines) is 1. The van der Waals surface area contributed by atoms with Crippen molar-refractivity contribution in [2.75, 3.05) is 26.7 Å². The third kappa shape index (κ3) is 5.76. The molecule has 2 N–H and O–H groups in total. The number of piperidine rings is 1. The van der Waals surface area contributed by atoms with E-state index in [0.717, 1.165) is 34.3 Å². The first-order chi connectivity index (χ1) is 16.4. The molecule has 3 heterocycles. The van der Waals surface area contributed by atoms with Crippen LogP contribution in [0.25, 0.3) is 10.9 Å². The van der Waals surface area contributed by atoms with Crippen LogP contribution in [-0.2, 0) is 4.79 Å². The van der Waals surface area contributed by atoms with Gasteiger partial charge in [0.25, 0.3) is 0 Å². The zero-order valence-corrected chi connectivity index (χ0v) is 20.3. The fourth-order valence-corrected chi connectivity index (χ4v) is 5.41. The molecule has 1 aromatic carbocycles. The van der Waals surface area contributed by atoms with E-state index in [2.05, 4.69) is 34.7 Å². The number of rotatable bonds is 7. The number of carboxylic acids is 1. The van der Waals surface area contributed by atoms with Crippen molar-refractivity contribution in [2.24, 2.45) is 11.8 Å². The third-order valence-corrected chi connectivity index (χ3v) is 7.48. The van der Waals surface area contributed by atoms with E-state index < -0.39 is 18.0 Å². The predicted molar refractivity (Wildman–Crippen MR) is 134 cm³/mol. The zero-order chi connectivity index (χ0) is 24.1. The molecular formula is C27H30N2O4S. The molecule has 34 heavy (non-hydrogen) atoms. The summed E-state index contributed by atoms with van der Waals surface area (Å²) in [4.78, 5) is 20.8. The Labute approximate surface area is 204 Å². The van der Waals surface area contributed by atoms with Crippen LogP contribution in [0, 0.1) is 30.6 Å². The largest absolute Gasteiger partial charge is 0.497 e. The third-order valence-electron chi connectivity index (χ3n) is 6.56. The molecule has 1 aliphatic heterocycles. The highest BCUT2D eigenvalue weighted by Crippen LogP contribution is 2.33. The van der Waals surface area contributed by atoms with Gasteiger partial charge >= 0.3 is 5.97 Å². The minimum absolute atomic E-state index is 0.0268. The van der Waals surface area contributed by atoms with E-state index in [1.165, 1.54) is 4.88 Å². The Bertz CT molecular complexity index is 1210. The molecule has 0 amide bonds. The van der Waals surface area contributed by atoms with E-state index in [1.54, 1.807) is 24.6 Å². The molecule has 1 saturated heterocycles. The Balaban J connectivity index is 1.38. The van der Waals surface area contributed by atoms with Crippen LogP contribution < -0.4 is 4.74 Å². The van der Waals surface area contributed by atoms with Crippen LogP contribution in [-0.4, -0.2) is 52.8 Å². The van der Waals surface area contributed by atoms with Crippen LogP contribution in [0.15, 0.2) is 42.6 Å². The molecule has 0 bridgehead atoms. The number of fused-ring (bicyclic) bond motifs is 1. The minimum atomic E-state index is -0.773. The number of aliphatic carboxylic acids is 1. The Hall–Kier alpha value is -2.92. The van der Waals surface area contributed by atoms with E-state index in [0.29, 0.717) is 31.7 Å². The van der Waals surface area contributed by atoms with E-state index in [1.807, 2.05) is 30.3 Å². The fourth-order valence-electron chi connectivity index (χ4n) is 4.67. The first kappa shape index (κ1) is 24.2. The molecule has 1 aliphatic rings. The average Bonchev–Trinajstić information content (AvgIpc) is 3.26. The molecule has 2 aromatic heterocycles. The topological polar surface area (TPSA) is 82.9 Å². The smallest absolute Gasteiger partial charge is 0.308 e. The molecular weight excluding hydrogens is 448 g/mol. The predicted octanol–water partition coefficient (Wildman–Crippen LogP) is 4.50. The van der Waals surface area contributed by atoms with Crippen molar-refractivity contribution in [2.45, 2.75) is 32.3 Å². The number of aromatic nitrogens is 1. The summed E-state index contributed by atoms with van der Waals surface area (Å²) in [7, 11) is 1.61. The molecule has 6 nitrogen and oxygen atoms in total. The Morgan fingerprint density at radius 1 is 1.32 bits per heavy atom. The molecule has 0 aliphatic carbocycles. The van der Waals surface area contributed by atoms with Crippen LogP contribution in [0.2, 0.25) is 0 Å². The number of thiophene rings is 1. The number of hydrogen-bond donors (Lipinski definition) is 2. The molecule has 178 valence electrons. The summed E-state index contributed by atoms with van der Waals surface area (Å²) >= 11 is 1.67. The molecule has 1 fully saturated rings. The Morgan fingerprint density at radius 3 is 2.91 bits per heavy atom. The summed E-state index contributed by atoms with van der Waals surface area (Å²) < 4.78 is 5.33. The van der Waals surface area contributed by atoms with Crippen molar-refractivity contribution < 1.29 is 19.7 Å². The summed E-state index contributed by atoms with van der Waals surface area (Å²) in [5.74, 6) is 5.88. The van der Waals surface area contributed by atoms with Crippen molar-refractivity contribution in [1.29, 1.82) is 0 Å². The second-order valence-corrected chi connectivity index (χ2v) is 10.1. The molecule has 0 radical (unpaired) electrons. The number of benzene rings is 1. The van der Waals surface area contributed by atoms with Gasteiger partial charge in [-0.1, -0.05) is 11.8 Å². The highest BCUT2D eigenvalue weighted by Gasteiger charge is 2.34. The normalized spacial score (nSPS) is 19.4. The van der Waals surface area contributed by atoms with Crippen molar-refractivity contribution in [3.63, 3.8) is 0 Å². The lowest BCUT2D eigenvalue weighted by molar-refractivity contribution is -0.146. The fraction of sp³-hybridized carbons (Fsp3) is 0.407. The summed E-state index contributed by atoms with van der Waals surface area (Å²) in [5.41, 5.74) is 1.60. The van der Waals surface area contributed by atoms with Gasteiger partial charge in [0.15, 0.2) is 0 Å². The summed E-state index contributed by atoms with van der Waals surface area (Å²) in [5, 5.41) is 21.7. The van der Waals surface area contributed by atoms with Crippen LogP contribution in [0.5, 0.6) is 5.75 Å². The summed E-state index contributed by atoms with van der Waals surface area (Å²) in [6, 6.07) is 11.5. The summed E-state index contributed by atoms with van der Waals surface area (Å²) in [6.45, 7) is 3.94. The van der Waals surface area contributed by atoms with Crippen molar-refractivity contribution in [3.8, 4) is 17.6 Å². The lowest BCUT2D eigenvalue weighted by Gasteiger charge is -2.36. The van der Waals surface area contributed by atoms with Gasteiger partial charge < -0.3 is 14.9 Å². The van der Waals surface area contributed by atoms with Crippen LogP contribution in [0.1, 0.15) is 40.7 Å². The average molecular weight is 479 g/mol. The van der Waals surface area contributed by atoms with Gasteiger partial charge in [-0.25, -0.2) is 0 Å². The maximum atomic E-state index is 12.0. The lowest BCUT2D eigenvalue weighted by atomic mass is 9.81. The van der Waals surface area contributed by atoms with E-state index in [4.69, 9.17) is 4.74 Å². The van der Waals surface area contributed by atoms with Gasteiger partial charge in [0, 0.05) is 23.0 Å². The maximum absolute atomic E-state index is 12.0. The number of aliphatic hydroxyl groups is 1. The SMILES string of the molecule is COc1ccc2nccc([C@@H](O)CC[C@@H]3CCN(CC#Cc4ccc(C)s4)C[C@@H]3C(=O)O)c2c1. The van der Waals surface area contributed by atoms with E-state index >= 15 is 0 Å². The standard InChI is InChI=1S/C27H30N2O4S/c1-18-5-8-21(34-18)4-3-14-29-15-12-19(24(17-29)27(31)32)6-10-26(30)22-11-13-28-25-9-7-20(33-2)16-23(22)25/h5,7-9,11,13,16,19,24,26,30H,6,10,12,14-15,17H2,1-2H3,(H,31,32)/t19-,24+,26+/m1/s1.